The summed E-state index contributed by atoms with van der Waals surface area (Å²) in [5.41, 5.74) is 0. The van der Waals surface area contributed by atoms with Crippen LogP contribution in [0.3, 0.4) is 0 Å². The molecule has 2 aliphatic heterocycles. The lowest BCUT2D eigenvalue weighted by molar-refractivity contribution is -0.134. The maximum absolute atomic E-state index is 12.5. The average Bonchev–Trinajstić information content (AvgIpc) is 2.69. The molecule has 2 rings (SSSR count). The lowest BCUT2D eigenvalue weighted by Gasteiger charge is -2.36. The first kappa shape index (κ1) is 22.9. The number of carbonyl (C=O) groups is 1. The Hall–Kier alpha value is -1.34. The van der Waals surface area contributed by atoms with Crippen molar-refractivity contribution in [1.29, 1.82) is 0 Å². The fourth-order valence-corrected chi connectivity index (χ4v) is 4.08. The van der Waals surface area contributed by atoms with E-state index in [0.29, 0.717) is 31.0 Å². The van der Waals surface area contributed by atoms with Gasteiger partial charge in [0.15, 0.2) is 5.96 Å². The van der Waals surface area contributed by atoms with Gasteiger partial charge in [0.1, 0.15) is 0 Å². The van der Waals surface area contributed by atoms with E-state index in [-0.39, 0.29) is 5.91 Å². The van der Waals surface area contributed by atoms with E-state index in [9.17, 15) is 4.79 Å². The SMILES string of the molecule is CCNC(=NCC(C(C)C)N1CCOCC1)NCCC(=O)N1CCCCC1C. The van der Waals surface area contributed by atoms with Crippen molar-refractivity contribution in [2.45, 2.75) is 65.5 Å². The molecule has 2 N–H and O–H groups in total. The highest BCUT2D eigenvalue weighted by Gasteiger charge is 2.24. The van der Waals surface area contributed by atoms with E-state index in [1.807, 2.05) is 4.90 Å². The van der Waals surface area contributed by atoms with Crippen LogP contribution in [0.15, 0.2) is 4.99 Å². The number of nitrogens with one attached hydrogen (secondary N) is 2. The van der Waals surface area contributed by atoms with Crippen molar-refractivity contribution in [3.63, 3.8) is 0 Å². The van der Waals surface area contributed by atoms with Crippen LogP contribution >= 0.6 is 0 Å². The second kappa shape index (κ2) is 12.3. The molecule has 2 atom stereocenters. The molecular formula is C21H41N5O2. The zero-order valence-corrected chi connectivity index (χ0v) is 18.4. The van der Waals surface area contributed by atoms with E-state index < -0.39 is 0 Å². The molecule has 0 radical (unpaired) electrons. The minimum absolute atomic E-state index is 0.254. The molecule has 2 saturated heterocycles. The molecule has 2 heterocycles. The van der Waals surface area contributed by atoms with Crippen LogP contribution in [0.25, 0.3) is 0 Å². The van der Waals surface area contributed by atoms with Crippen LogP contribution < -0.4 is 10.6 Å². The third-order valence-corrected chi connectivity index (χ3v) is 5.82. The minimum Gasteiger partial charge on any atom is -0.379 e. The number of hydrogen-bond acceptors (Lipinski definition) is 4. The number of piperidine rings is 1. The Bertz CT molecular complexity index is 491. The highest BCUT2D eigenvalue weighted by Crippen LogP contribution is 2.17. The lowest BCUT2D eigenvalue weighted by Crippen LogP contribution is -2.48. The molecule has 0 bridgehead atoms. The van der Waals surface area contributed by atoms with Crippen molar-refractivity contribution >= 4 is 11.9 Å². The monoisotopic (exact) mass is 395 g/mol. The van der Waals surface area contributed by atoms with Gasteiger partial charge in [-0.15, -0.1) is 0 Å². The second-order valence-corrected chi connectivity index (χ2v) is 8.29. The lowest BCUT2D eigenvalue weighted by atomic mass is 10.0. The number of amides is 1. The summed E-state index contributed by atoms with van der Waals surface area (Å²) in [6.45, 7) is 15.4. The summed E-state index contributed by atoms with van der Waals surface area (Å²) in [5, 5.41) is 6.66. The average molecular weight is 396 g/mol. The van der Waals surface area contributed by atoms with Crippen molar-refractivity contribution in [3.8, 4) is 0 Å². The van der Waals surface area contributed by atoms with Gasteiger partial charge in [0.25, 0.3) is 0 Å². The third kappa shape index (κ3) is 7.24. The summed E-state index contributed by atoms with van der Waals surface area (Å²) >= 11 is 0. The molecule has 2 aliphatic rings. The van der Waals surface area contributed by atoms with Gasteiger partial charge < -0.3 is 20.3 Å². The number of carbonyl (C=O) groups excluding carboxylic acids is 1. The van der Waals surface area contributed by atoms with Gasteiger partial charge >= 0.3 is 0 Å². The van der Waals surface area contributed by atoms with Gasteiger partial charge in [-0.1, -0.05) is 13.8 Å². The normalized spacial score (nSPS) is 23.0. The number of nitrogens with zero attached hydrogens (tertiary/aromatic N) is 3. The van der Waals surface area contributed by atoms with Gasteiger partial charge in [0.2, 0.25) is 5.91 Å². The van der Waals surface area contributed by atoms with Gasteiger partial charge in [0.05, 0.1) is 19.8 Å². The zero-order valence-electron chi connectivity index (χ0n) is 18.4. The van der Waals surface area contributed by atoms with E-state index >= 15 is 0 Å². The summed E-state index contributed by atoms with van der Waals surface area (Å²) in [6.07, 6.45) is 4.01. The van der Waals surface area contributed by atoms with Crippen LogP contribution in [0.4, 0.5) is 0 Å². The Kier molecular flexibility index (Phi) is 10.1. The smallest absolute Gasteiger partial charge is 0.224 e. The molecule has 2 unspecified atom stereocenters. The Morgan fingerprint density at radius 3 is 2.57 bits per heavy atom. The second-order valence-electron chi connectivity index (χ2n) is 8.29. The maximum atomic E-state index is 12.5. The first-order valence-electron chi connectivity index (χ1n) is 11.2. The van der Waals surface area contributed by atoms with Crippen molar-refractivity contribution in [1.82, 2.24) is 20.4 Å². The Morgan fingerprint density at radius 2 is 1.93 bits per heavy atom. The van der Waals surface area contributed by atoms with Crippen molar-refractivity contribution in [2.24, 2.45) is 10.9 Å². The number of likely N-dealkylation sites (tertiary alicyclic amines) is 1. The van der Waals surface area contributed by atoms with Crippen molar-refractivity contribution in [3.05, 3.63) is 0 Å². The molecule has 2 fully saturated rings. The Balaban J connectivity index is 1.83. The van der Waals surface area contributed by atoms with E-state index in [0.717, 1.165) is 64.7 Å². The van der Waals surface area contributed by atoms with E-state index in [4.69, 9.17) is 9.73 Å². The summed E-state index contributed by atoms with van der Waals surface area (Å²) in [7, 11) is 0. The fourth-order valence-electron chi connectivity index (χ4n) is 4.08. The molecule has 0 saturated carbocycles. The molecule has 1 amide bonds. The minimum atomic E-state index is 0.254. The largest absolute Gasteiger partial charge is 0.379 e. The number of morpholine rings is 1. The zero-order chi connectivity index (χ0) is 20.4. The predicted octanol–water partition coefficient (Wildman–Crippen LogP) is 1.69. The molecule has 162 valence electrons. The molecule has 0 spiro atoms. The van der Waals surface area contributed by atoms with E-state index in [1.165, 1.54) is 6.42 Å². The standard InChI is InChI=1S/C21H41N5O2/c1-5-22-21(23-10-9-20(27)26-11-7-6-8-18(26)4)24-16-19(17(2)3)25-12-14-28-15-13-25/h17-19H,5-16H2,1-4H3,(H2,22,23,24). The van der Waals surface area contributed by atoms with Crippen LogP contribution in [0.1, 0.15) is 53.4 Å². The molecule has 7 nitrogen and oxygen atoms in total. The van der Waals surface area contributed by atoms with Gasteiger partial charge in [-0.05, 0) is 39.0 Å². The molecule has 0 aromatic heterocycles. The molecule has 0 aliphatic carbocycles. The highest BCUT2D eigenvalue weighted by molar-refractivity contribution is 5.81. The van der Waals surface area contributed by atoms with Crippen molar-refractivity contribution in [2.75, 3.05) is 52.5 Å². The Morgan fingerprint density at radius 1 is 1.18 bits per heavy atom. The summed E-state index contributed by atoms with van der Waals surface area (Å²) in [4.78, 5) is 21.9. The van der Waals surface area contributed by atoms with Crippen LogP contribution in [0.2, 0.25) is 0 Å². The summed E-state index contributed by atoms with van der Waals surface area (Å²) in [5.74, 6) is 1.59. The van der Waals surface area contributed by atoms with Crippen LogP contribution in [0, 0.1) is 5.92 Å². The van der Waals surface area contributed by atoms with Gasteiger partial charge in [-0.25, -0.2) is 0 Å². The fraction of sp³-hybridized carbons (Fsp3) is 0.905. The highest BCUT2D eigenvalue weighted by atomic mass is 16.5. The van der Waals surface area contributed by atoms with E-state index in [2.05, 4.69) is 43.2 Å². The summed E-state index contributed by atoms with van der Waals surface area (Å²) in [6, 6.07) is 0.790. The van der Waals surface area contributed by atoms with Crippen LogP contribution in [-0.2, 0) is 9.53 Å². The number of hydrogen-bond donors (Lipinski definition) is 2. The van der Waals surface area contributed by atoms with Gasteiger partial charge in [0, 0.05) is 51.2 Å². The van der Waals surface area contributed by atoms with Gasteiger partial charge in [-0.3, -0.25) is 14.7 Å². The number of aliphatic imine (C=N–C) groups is 1. The van der Waals surface area contributed by atoms with Gasteiger partial charge in [-0.2, -0.15) is 0 Å². The quantitative estimate of drug-likeness (QED) is 0.483. The molecule has 0 aromatic carbocycles. The number of guanidine groups is 1. The molecule has 7 heteroatoms. The third-order valence-electron chi connectivity index (χ3n) is 5.82. The maximum Gasteiger partial charge on any atom is 0.224 e. The molecule has 0 aromatic rings. The van der Waals surface area contributed by atoms with Crippen molar-refractivity contribution < 1.29 is 9.53 Å². The summed E-state index contributed by atoms with van der Waals surface area (Å²) < 4.78 is 5.49. The Labute approximate surface area is 171 Å². The first-order chi connectivity index (χ1) is 13.5. The van der Waals surface area contributed by atoms with Crippen LogP contribution in [0.5, 0.6) is 0 Å². The number of ether oxygens (including phenoxy) is 1. The molecule has 28 heavy (non-hydrogen) atoms. The molecular weight excluding hydrogens is 354 g/mol. The topological polar surface area (TPSA) is 69.2 Å². The first-order valence-corrected chi connectivity index (χ1v) is 11.2. The van der Waals surface area contributed by atoms with Crippen LogP contribution in [-0.4, -0.2) is 86.2 Å². The van der Waals surface area contributed by atoms with E-state index in [1.54, 1.807) is 0 Å². The predicted molar refractivity (Wildman–Crippen MR) is 115 cm³/mol. The number of rotatable bonds is 8.